The van der Waals surface area contributed by atoms with Gasteiger partial charge < -0.3 is 25.4 Å². The van der Waals surface area contributed by atoms with Crippen molar-refractivity contribution in [1.82, 2.24) is 45.7 Å². The predicted molar refractivity (Wildman–Crippen MR) is 184 cm³/mol. The Kier molecular flexibility index (Phi) is 10.5. The molecule has 3 N–H and O–H groups in total. The molecule has 0 bridgehead atoms. The van der Waals surface area contributed by atoms with Crippen LogP contribution in [0.25, 0.3) is 33.6 Å². The van der Waals surface area contributed by atoms with Crippen LogP contribution in [0, 0.1) is 0 Å². The molecule has 1 aliphatic rings. The van der Waals surface area contributed by atoms with E-state index in [-0.39, 0.29) is 11.9 Å². The molecule has 1 unspecified atom stereocenters. The van der Waals surface area contributed by atoms with E-state index in [1.807, 2.05) is 54.2 Å². The van der Waals surface area contributed by atoms with Gasteiger partial charge in [0.25, 0.3) is 0 Å². The Morgan fingerprint density at radius 1 is 0.833 bits per heavy atom. The highest BCUT2D eigenvalue weighted by molar-refractivity contribution is 6.39. The summed E-state index contributed by atoms with van der Waals surface area (Å²) in [6, 6.07) is 13.5. The molecular formula is C34H35Cl2N9O3. The molecule has 3 aromatic heterocycles. The number of benzene rings is 2. The zero-order chi connectivity index (χ0) is 33.6. The molecule has 48 heavy (non-hydrogen) atoms. The Balaban J connectivity index is 1.22. The van der Waals surface area contributed by atoms with Crippen LogP contribution in [0.1, 0.15) is 29.9 Å². The van der Waals surface area contributed by atoms with E-state index < -0.39 is 0 Å². The summed E-state index contributed by atoms with van der Waals surface area (Å²) in [5.41, 5.74) is 6.31. The maximum Gasteiger partial charge on any atom is 0.237 e. The van der Waals surface area contributed by atoms with Gasteiger partial charge in [-0.1, -0.05) is 59.6 Å². The van der Waals surface area contributed by atoms with E-state index in [1.165, 1.54) is 0 Å². The molecular weight excluding hydrogens is 653 g/mol. The molecule has 1 aliphatic heterocycles. The van der Waals surface area contributed by atoms with E-state index in [0.717, 1.165) is 23.2 Å². The topological polar surface area (TPSA) is 141 Å². The van der Waals surface area contributed by atoms with Crippen LogP contribution in [-0.2, 0) is 31.5 Å². The monoisotopic (exact) mass is 687 g/mol. The minimum absolute atomic E-state index is 0.0834. The molecule has 0 aliphatic carbocycles. The number of amides is 1. The van der Waals surface area contributed by atoms with Crippen LogP contribution in [0.5, 0.6) is 11.8 Å². The average Bonchev–Trinajstić information content (AvgIpc) is 3.72. The lowest BCUT2D eigenvalue weighted by Gasteiger charge is -2.15. The number of carbonyl (C=O) groups excluding carboxylic acids is 1. The second-order valence-electron chi connectivity index (χ2n) is 11.2. The smallest absolute Gasteiger partial charge is 0.237 e. The van der Waals surface area contributed by atoms with Crippen molar-refractivity contribution in [2.45, 2.75) is 38.5 Å². The van der Waals surface area contributed by atoms with Gasteiger partial charge in [-0.05, 0) is 12.5 Å². The van der Waals surface area contributed by atoms with Gasteiger partial charge in [0.15, 0.2) is 0 Å². The van der Waals surface area contributed by atoms with Gasteiger partial charge in [-0.2, -0.15) is 5.10 Å². The van der Waals surface area contributed by atoms with Crippen molar-refractivity contribution in [3.05, 3.63) is 88.2 Å². The van der Waals surface area contributed by atoms with Gasteiger partial charge >= 0.3 is 0 Å². The highest BCUT2D eigenvalue weighted by Crippen LogP contribution is 2.42. The Morgan fingerprint density at radius 3 is 1.90 bits per heavy atom. The zero-order valence-corrected chi connectivity index (χ0v) is 28.3. The molecule has 12 nitrogen and oxygen atoms in total. The number of ether oxygens (including phenoxy) is 2. The summed E-state index contributed by atoms with van der Waals surface area (Å²) in [4.78, 5) is 30.2. The number of nitrogens with zero attached hydrogens (tertiary/aromatic N) is 6. The van der Waals surface area contributed by atoms with E-state index in [0.29, 0.717) is 88.3 Å². The van der Waals surface area contributed by atoms with Crippen LogP contribution in [0.4, 0.5) is 0 Å². The third kappa shape index (κ3) is 7.26. The highest BCUT2D eigenvalue weighted by atomic mass is 35.5. The molecule has 5 aromatic rings. The summed E-state index contributed by atoms with van der Waals surface area (Å²) < 4.78 is 13.0. The molecule has 0 spiro atoms. The number of methoxy groups -OCH3 is 2. The molecule has 6 rings (SSSR count). The van der Waals surface area contributed by atoms with E-state index in [2.05, 4.69) is 31.0 Å². The lowest BCUT2D eigenvalue weighted by Crippen LogP contribution is -2.35. The Labute approximate surface area is 288 Å². The molecule has 1 atom stereocenters. The van der Waals surface area contributed by atoms with Gasteiger partial charge in [-0.25, -0.2) is 9.97 Å². The number of hydrogen-bond donors (Lipinski definition) is 3. The first-order valence-corrected chi connectivity index (χ1v) is 16.2. The SMILES string of the molecule is COc1nc(-c2cccc(-c3cccc(-c4cnc(CNCC5CCC(=O)N5)c(OC)n4)c3Cl)c2Cl)cnc1CNCc1ccnn1C. The molecule has 248 valence electrons. The lowest BCUT2D eigenvalue weighted by molar-refractivity contribution is -0.119. The van der Waals surface area contributed by atoms with Crippen LogP contribution in [-0.4, -0.2) is 62.4 Å². The average molecular weight is 689 g/mol. The number of hydrogen-bond acceptors (Lipinski definition) is 10. The van der Waals surface area contributed by atoms with E-state index >= 15 is 0 Å². The molecule has 0 saturated carbocycles. The molecule has 14 heteroatoms. The van der Waals surface area contributed by atoms with E-state index in [4.69, 9.17) is 42.6 Å². The minimum atomic E-state index is 0.0834. The zero-order valence-electron chi connectivity index (χ0n) is 26.8. The number of halogens is 2. The fraction of sp³-hybridized carbons (Fsp3) is 0.294. The first kappa shape index (κ1) is 33.3. The maximum absolute atomic E-state index is 11.5. The van der Waals surface area contributed by atoms with Gasteiger partial charge in [0.05, 0.1) is 53.7 Å². The number of aryl methyl sites for hydroxylation is 1. The van der Waals surface area contributed by atoms with Gasteiger partial charge in [0.1, 0.15) is 11.4 Å². The first-order chi connectivity index (χ1) is 23.4. The summed E-state index contributed by atoms with van der Waals surface area (Å²) in [5.74, 6) is 0.878. The summed E-state index contributed by atoms with van der Waals surface area (Å²) in [6.45, 7) is 2.16. The van der Waals surface area contributed by atoms with Gasteiger partial charge in [0.2, 0.25) is 17.7 Å². The maximum atomic E-state index is 11.5. The summed E-state index contributed by atoms with van der Waals surface area (Å²) in [5, 5.41) is 14.8. The van der Waals surface area contributed by atoms with Gasteiger partial charge in [0, 0.05) is 74.1 Å². The number of aromatic nitrogens is 6. The predicted octanol–water partition coefficient (Wildman–Crippen LogP) is 4.98. The second kappa shape index (κ2) is 15.1. The third-order valence-corrected chi connectivity index (χ3v) is 8.95. The minimum Gasteiger partial charge on any atom is -0.480 e. The number of nitrogens with one attached hydrogen (secondary N) is 3. The van der Waals surface area contributed by atoms with Gasteiger partial charge in [-0.15, -0.1) is 0 Å². The van der Waals surface area contributed by atoms with Crippen LogP contribution in [0.2, 0.25) is 10.0 Å². The van der Waals surface area contributed by atoms with Crippen molar-refractivity contribution < 1.29 is 14.3 Å². The van der Waals surface area contributed by atoms with Crippen LogP contribution in [0.3, 0.4) is 0 Å². The van der Waals surface area contributed by atoms with Crippen molar-refractivity contribution in [3.8, 4) is 45.4 Å². The normalized spacial score (nSPS) is 14.3. The second-order valence-corrected chi connectivity index (χ2v) is 12.0. The molecule has 4 heterocycles. The molecule has 1 amide bonds. The van der Waals surface area contributed by atoms with E-state index in [1.54, 1.807) is 32.8 Å². The number of carbonyl (C=O) groups is 1. The molecule has 0 radical (unpaired) electrons. The third-order valence-electron chi connectivity index (χ3n) is 8.14. The standard InChI is InChI=1S/C34H35Cl2N9O3/c1-45-21(12-13-41-45)15-38-17-29-34(48-3)44-27(19-40-29)25-9-5-7-23(32(25)36)22-6-4-8-24(31(22)35)26-18-39-28(33(43-26)47-2)16-37-14-20-10-11-30(46)42-20/h4-9,12-13,18-20,37-38H,10-11,14-17H2,1-3H3,(H,42,46). The molecule has 2 aromatic carbocycles. The van der Waals surface area contributed by atoms with Crippen molar-refractivity contribution in [3.63, 3.8) is 0 Å². The summed E-state index contributed by atoms with van der Waals surface area (Å²) >= 11 is 14.1. The first-order valence-electron chi connectivity index (χ1n) is 15.4. The highest BCUT2D eigenvalue weighted by Gasteiger charge is 2.21. The Hall–Kier alpha value is -4.62. The lowest BCUT2D eigenvalue weighted by atomic mass is 9.98. The van der Waals surface area contributed by atoms with Crippen molar-refractivity contribution in [1.29, 1.82) is 0 Å². The summed E-state index contributed by atoms with van der Waals surface area (Å²) in [7, 11) is 5.03. The largest absolute Gasteiger partial charge is 0.480 e. The quantitative estimate of drug-likeness (QED) is 0.155. The van der Waals surface area contributed by atoms with Crippen molar-refractivity contribution in [2.24, 2.45) is 7.05 Å². The fourth-order valence-electron chi connectivity index (χ4n) is 5.58. The van der Waals surface area contributed by atoms with Gasteiger partial charge in [-0.3, -0.25) is 19.4 Å². The Bertz CT molecular complexity index is 1930. The fourth-order valence-corrected chi connectivity index (χ4v) is 6.23. The number of rotatable bonds is 13. The Morgan fingerprint density at radius 2 is 1.40 bits per heavy atom. The van der Waals surface area contributed by atoms with Crippen molar-refractivity contribution in [2.75, 3.05) is 20.8 Å². The van der Waals surface area contributed by atoms with Crippen LogP contribution < -0.4 is 25.4 Å². The molecule has 1 fully saturated rings. The van der Waals surface area contributed by atoms with E-state index in [9.17, 15) is 4.79 Å². The molecule has 1 saturated heterocycles. The van der Waals surface area contributed by atoms with Crippen molar-refractivity contribution >= 4 is 29.1 Å². The summed E-state index contributed by atoms with van der Waals surface area (Å²) in [6.07, 6.45) is 6.50. The van der Waals surface area contributed by atoms with Crippen LogP contribution >= 0.6 is 23.2 Å². The van der Waals surface area contributed by atoms with Crippen LogP contribution in [0.15, 0.2) is 61.1 Å².